The van der Waals surface area contributed by atoms with Crippen LogP contribution < -0.4 is 11.4 Å². The Morgan fingerprint density at radius 2 is 2.13 bits per heavy atom. The monoisotopic (exact) mass is 250 g/mol. The maximum atomic E-state index is 10.2. The number of alkyl halides is 2. The number of nitrogen functional groups attached to an aromatic ring is 1. The summed E-state index contributed by atoms with van der Waals surface area (Å²) in [5, 5.41) is 7.82. The van der Waals surface area contributed by atoms with Crippen LogP contribution in [0.15, 0.2) is 17.1 Å². The number of hydrogen-bond donors (Lipinski definition) is 2. The number of hydrogen-bond acceptors (Lipinski definition) is 4. The van der Waals surface area contributed by atoms with Crippen molar-refractivity contribution >= 4 is 29.0 Å². The highest BCUT2D eigenvalue weighted by molar-refractivity contribution is 6.40. The third-order valence-electron chi connectivity index (χ3n) is 0.850. The van der Waals surface area contributed by atoms with Crippen molar-refractivity contribution in [1.29, 1.82) is 5.26 Å². The molecule has 0 fully saturated rings. The molecule has 0 aliphatic heterocycles. The fraction of sp³-hybridized carbons (Fsp3) is 0.375. The molecule has 1 rings (SSSR count). The summed E-state index contributed by atoms with van der Waals surface area (Å²) in [4.78, 5) is 15.9. The fourth-order valence-electron chi connectivity index (χ4n) is 0.385. The van der Waals surface area contributed by atoms with Crippen LogP contribution in [-0.2, 0) is 0 Å². The summed E-state index contributed by atoms with van der Waals surface area (Å²) in [6.45, 7) is 1.82. The number of nitriles is 1. The molecule has 0 atom stereocenters. The summed E-state index contributed by atoms with van der Waals surface area (Å²) in [6.07, 6.45) is 2.07. The van der Waals surface area contributed by atoms with Crippen molar-refractivity contribution in [3.05, 3.63) is 22.7 Å². The highest BCUT2D eigenvalue weighted by Crippen LogP contribution is 1.82. The summed E-state index contributed by atoms with van der Waals surface area (Å²) in [5.41, 5.74) is 4.72. The van der Waals surface area contributed by atoms with Gasteiger partial charge in [0.15, 0.2) is 0 Å². The van der Waals surface area contributed by atoms with Gasteiger partial charge in [-0.3, -0.25) is 0 Å². The first-order valence-corrected chi connectivity index (χ1v) is 4.99. The van der Waals surface area contributed by atoms with E-state index in [-0.39, 0.29) is 11.2 Å². The highest BCUT2D eigenvalue weighted by Gasteiger charge is 1.81. The number of halogens is 2. The van der Waals surface area contributed by atoms with E-state index >= 15 is 0 Å². The average molecular weight is 251 g/mol. The molecule has 0 saturated carbocycles. The molecule has 0 spiro atoms. The molecule has 0 bridgehead atoms. The van der Waals surface area contributed by atoms with Gasteiger partial charge in [-0.25, -0.2) is 4.79 Å². The average Bonchev–Trinajstić information content (AvgIpc) is 2.19. The largest absolute Gasteiger partial charge is 0.383 e. The Kier molecular flexibility index (Phi) is 13.8. The second kappa shape index (κ2) is 12.8. The molecule has 1 aromatic heterocycles. The van der Waals surface area contributed by atoms with Gasteiger partial charge in [0.05, 0.1) is 11.4 Å². The third kappa shape index (κ3) is 15.5. The van der Waals surface area contributed by atoms with E-state index in [9.17, 15) is 4.79 Å². The second-order valence-electron chi connectivity index (χ2n) is 1.93. The molecular formula is C8H12Cl2N4O. The van der Waals surface area contributed by atoms with Gasteiger partial charge in [-0.1, -0.05) is 6.92 Å². The zero-order valence-corrected chi connectivity index (χ0v) is 9.72. The van der Waals surface area contributed by atoms with E-state index < -0.39 is 5.69 Å². The lowest BCUT2D eigenvalue weighted by Crippen LogP contribution is -2.10. The van der Waals surface area contributed by atoms with Crippen LogP contribution in [-0.4, -0.2) is 15.3 Å². The Bertz CT molecular complexity index is 334. The molecule has 0 saturated heterocycles. The lowest BCUT2D eigenvalue weighted by Gasteiger charge is -1.83. The van der Waals surface area contributed by atoms with Crippen LogP contribution in [0.3, 0.4) is 0 Å². The quantitative estimate of drug-likeness (QED) is 0.686. The lowest BCUT2D eigenvalue weighted by atomic mass is 10.6. The van der Waals surface area contributed by atoms with Crippen molar-refractivity contribution in [2.45, 2.75) is 13.3 Å². The number of nitrogens with zero attached hydrogens (tertiary/aromatic N) is 2. The maximum absolute atomic E-state index is 10.2. The molecule has 0 unspecified atom stereocenters. The first-order chi connectivity index (χ1) is 7.12. The Balaban J connectivity index is 0. The standard InChI is InChI=1S/C4H5N3O.C3H5N.CH2Cl2/c5-3-1-2-6-4(8)7-3;1-2-3-4;2-1-3/h1-2H,(H3,5,6,7,8);2H2,1H3;1H2. The molecule has 7 heteroatoms. The first kappa shape index (κ1) is 16.2. The smallest absolute Gasteiger partial charge is 0.346 e. The van der Waals surface area contributed by atoms with Crippen LogP contribution >= 0.6 is 23.2 Å². The number of anilines is 1. The molecule has 15 heavy (non-hydrogen) atoms. The minimum Gasteiger partial charge on any atom is -0.383 e. The number of aromatic amines is 1. The van der Waals surface area contributed by atoms with Crippen LogP contribution in [0, 0.1) is 11.3 Å². The highest BCUT2D eigenvalue weighted by atomic mass is 35.5. The number of aromatic nitrogens is 2. The molecule has 3 N–H and O–H groups in total. The molecule has 0 aromatic carbocycles. The van der Waals surface area contributed by atoms with Crippen molar-refractivity contribution < 1.29 is 0 Å². The number of nitrogens with two attached hydrogens (primary N) is 1. The molecule has 0 amide bonds. The SMILES string of the molecule is CCC#N.ClCCl.Nc1cc[nH]c(=O)n1. The van der Waals surface area contributed by atoms with Gasteiger partial charge in [0.2, 0.25) is 0 Å². The minimum absolute atomic E-state index is 0.194. The van der Waals surface area contributed by atoms with Gasteiger partial charge in [0, 0.05) is 12.6 Å². The summed E-state index contributed by atoms with van der Waals surface area (Å²) >= 11 is 9.53. The van der Waals surface area contributed by atoms with Gasteiger partial charge in [-0.15, -0.1) is 23.2 Å². The Morgan fingerprint density at radius 3 is 2.33 bits per heavy atom. The predicted molar refractivity (Wildman–Crippen MR) is 61.7 cm³/mol. The topological polar surface area (TPSA) is 95.6 Å². The van der Waals surface area contributed by atoms with E-state index in [0.29, 0.717) is 6.42 Å². The predicted octanol–water partition coefficient (Wildman–Crippen LogP) is 1.69. The Morgan fingerprint density at radius 1 is 1.67 bits per heavy atom. The lowest BCUT2D eigenvalue weighted by molar-refractivity contribution is 1.08. The first-order valence-electron chi connectivity index (χ1n) is 3.92. The summed E-state index contributed by atoms with van der Waals surface area (Å²) in [6, 6.07) is 3.45. The maximum Gasteiger partial charge on any atom is 0.346 e. The van der Waals surface area contributed by atoms with Crippen LogP contribution in [0.25, 0.3) is 0 Å². The van der Waals surface area contributed by atoms with Gasteiger partial charge in [0.1, 0.15) is 5.82 Å². The van der Waals surface area contributed by atoms with E-state index in [2.05, 4.69) is 9.97 Å². The van der Waals surface area contributed by atoms with Gasteiger partial charge < -0.3 is 10.7 Å². The van der Waals surface area contributed by atoms with Crippen LogP contribution in [0.4, 0.5) is 5.82 Å². The second-order valence-corrected chi connectivity index (χ2v) is 2.74. The van der Waals surface area contributed by atoms with Gasteiger partial charge >= 0.3 is 5.69 Å². The molecule has 84 valence electrons. The van der Waals surface area contributed by atoms with Crippen LogP contribution in [0.5, 0.6) is 0 Å². The molecule has 1 heterocycles. The number of rotatable bonds is 0. The van der Waals surface area contributed by atoms with Crippen LogP contribution in [0.2, 0.25) is 0 Å². The molecule has 5 nitrogen and oxygen atoms in total. The zero-order chi connectivity index (χ0) is 12.1. The van der Waals surface area contributed by atoms with Crippen molar-refractivity contribution in [2.75, 3.05) is 11.1 Å². The Labute approximate surface area is 97.8 Å². The molecule has 0 aliphatic carbocycles. The van der Waals surface area contributed by atoms with Crippen molar-refractivity contribution in [3.63, 3.8) is 0 Å². The van der Waals surface area contributed by atoms with Gasteiger partial charge in [0.25, 0.3) is 0 Å². The van der Waals surface area contributed by atoms with Crippen molar-refractivity contribution in [2.24, 2.45) is 0 Å². The van der Waals surface area contributed by atoms with Crippen molar-refractivity contribution in [3.8, 4) is 6.07 Å². The molecule has 0 radical (unpaired) electrons. The van der Waals surface area contributed by atoms with E-state index in [1.807, 2.05) is 13.0 Å². The van der Waals surface area contributed by atoms with Gasteiger partial charge in [-0.2, -0.15) is 10.2 Å². The Hall–Kier alpha value is -1.25. The summed E-state index contributed by atoms with van der Waals surface area (Å²) in [5.74, 6) is 0.244. The van der Waals surface area contributed by atoms with E-state index in [1.165, 1.54) is 12.3 Å². The summed E-state index contributed by atoms with van der Waals surface area (Å²) in [7, 11) is 0. The number of H-pyrrole nitrogens is 1. The van der Waals surface area contributed by atoms with Gasteiger partial charge in [-0.05, 0) is 6.07 Å². The summed E-state index contributed by atoms with van der Waals surface area (Å²) < 4.78 is 0. The minimum atomic E-state index is -0.412. The molecule has 1 aromatic rings. The number of nitrogens with one attached hydrogen (secondary N) is 1. The fourth-order valence-corrected chi connectivity index (χ4v) is 0.385. The van der Waals surface area contributed by atoms with Crippen LogP contribution in [0.1, 0.15) is 13.3 Å². The van der Waals surface area contributed by atoms with E-state index in [4.69, 9.17) is 34.2 Å². The normalized spacial score (nSPS) is 7.33. The molecule has 0 aliphatic rings. The van der Waals surface area contributed by atoms with E-state index in [1.54, 1.807) is 0 Å². The zero-order valence-electron chi connectivity index (χ0n) is 8.20. The molecular weight excluding hydrogens is 239 g/mol. The van der Waals surface area contributed by atoms with E-state index in [0.717, 1.165) is 0 Å². The van der Waals surface area contributed by atoms with Crippen molar-refractivity contribution in [1.82, 2.24) is 9.97 Å². The third-order valence-corrected chi connectivity index (χ3v) is 0.850.